The number of carbonyl (C=O) groups excluding carboxylic acids is 3. The van der Waals surface area contributed by atoms with Crippen LogP contribution in [0.3, 0.4) is 0 Å². The number of rotatable bonds is 7. The van der Waals surface area contributed by atoms with Gasteiger partial charge in [0.15, 0.2) is 12.4 Å². The Hall–Kier alpha value is -1.99. The molecule has 1 aliphatic rings. The lowest BCUT2D eigenvalue weighted by Gasteiger charge is -2.16. The largest absolute Gasteiger partial charge is 0.494 e. The normalized spacial score (nSPS) is 13.1. The number of methoxy groups -OCH3 is 1. The van der Waals surface area contributed by atoms with Gasteiger partial charge in [0.05, 0.1) is 29.3 Å². The van der Waals surface area contributed by atoms with Gasteiger partial charge in [0.25, 0.3) is 5.91 Å². The van der Waals surface area contributed by atoms with Crippen LogP contribution in [-0.4, -0.2) is 56.0 Å². The van der Waals surface area contributed by atoms with Gasteiger partial charge in [-0.2, -0.15) is 0 Å². The smallest absolute Gasteiger partial charge is 0.338 e. The number of esters is 1. The van der Waals surface area contributed by atoms with E-state index in [1.54, 1.807) is 0 Å². The molecule has 1 N–H and O–H groups in total. The molecule has 0 aliphatic heterocycles. The lowest BCUT2D eigenvalue weighted by atomic mass is 10.2. The van der Waals surface area contributed by atoms with Gasteiger partial charge in [0.2, 0.25) is 5.91 Å². The lowest BCUT2D eigenvalue weighted by Crippen LogP contribution is -2.40. The van der Waals surface area contributed by atoms with E-state index >= 15 is 0 Å². The summed E-state index contributed by atoms with van der Waals surface area (Å²) in [6, 6.07) is 2.90. The number of nitrogens with one attached hydrogen (secondary N) is 1. The van der Waals surface area contributed by atoms with Gasteiger partial charge in [-0.3, -0.25) is 9.59 Å². The highest BCUT2D eigenvalue weighted by atomic mass is 35.5. The number of nitrogens with zero attached hydrogens (tertiary/aromatic N) is 1. The van der Waals surface area contributed by atoms with Crippen molar-refractivity contribution in [1.29, 1.82) is 0 Å². The SMILES string of the molecule is COc1c(Cl)cc(C(=O)OCC(=O)N(C)CC(=O)NC2CC2)cc1Cl. The van der Waals surface area contributed by atoms with Crippen LogP contribution in [0, 0.1) is 0 Å². The van der Waals surface area contributed by atoms with Crippen molar-refractivity contribution in [3.8, 4) is 5.75 Å². The summed E-state index contributed by atoms with van der Waals surface area (Å²) in [7, 11) is 2.86. The van der Waals surface area contributed by atoms with Crippen LogP contribution in [0.4, 0.5) is 0 Å². The number of benzene rings is 1. The molecule has 1 fully saturated rings. The Kier molecular flexibility index (Phi) is 6.50. The number of carbonyl (C=O) groups is 3. The quantitative estimate of drug-likeness (QED) is 0.720. The Morgan fingerprint density at radius 3 is 2.36 bits per heavy atom. The van der Waals surface area contributed by atoms with Crippen molar-refractivity contribution in [2.75, 3.05) is 27.3 Å². The summed E-state index contributed by atoms with van der Waals surface area (Å²) in [5, 5.41) is 3.08. The highest BCUT2D eigenvalue weighted by molar-refractivity contribution is 6.37. The Labute approximate surface area is 155 Å². The highest BCUT2D eigenvalue weighted by Crippen LogP contribution is 2.33. The molecule has 0 bridgehead atoms. The Bertz CT molecular complexity index is 668. The molecule has 0 saturated heterocycles. The number of halogens is 2. The molecule has 0 spiro atoms. The lowest BCUT2D eigenvalue weighted by molar-refractivity contribution is -0.137. The average molecular weight is 389 g/mol. The van der Waals surface area contributed by atoms with Crippen LogP contribution in [0.25, 0.3) is 0 Å². The van der Waals surface area contributed by atoms with Gasteiger partial charge in [-0.25, -0.2) is 4.79 Å². The predicted molar refractivity (Wildman–Crippen MR) is 92.1 cm³/mol. The summed E-state index contributed by atoms with van der Waals surface area (Å²) in [5.41, 5.74) is 0.0951. The third kappa shape index (κ3) is 5.51. The molecule has 1 aliphatic carbocycles. The molecule has 1 aromatic rings. The van der Waals surface area contributed by atoms with E-state index in [9.17, 15) is 14.4 Å². The average Bonchev–Trinajstić information content (AvgIpc) is 3.35. The van der Waals surface area contributed by atoms with Crippen LogP contribution in [0.2, 0.25) is 10.0 Å². The summed E-state index contributed by atoms with van der Waals surface area (Å²) in [6.45, 7) is -0.583. The molecular weight excluding hydrogens is 371 g/mol. The minimum atomic E-state index is -0.754. The van der Waals surface area contributed by atoms with Crippen LogP contribution in [0.15, 0.2) is 12.1 Å². The van der Waals surface area contributed by atoms with E-state index < -0.39 is 18.5 Å². The monoisotopic (exact) mass is 388 g/mol. The van der Waals surface area contributed by atoms with Crippen LogP contribution >= 0.6 is 23.2 Å². The summed E-state index contributed by atoms with van der Waals surface area (Å²) < 4.78 is 9.94. The Morgan fingerprint density at radius 2 is 1.84 bits per heavy atom. The van der Waals surface area contributed by atoms with Crippen LogP contribution in [-0.2, 0) is 14.3 Å². The first kappa shape index (κ1) is 19.3. The minimum absolute atomic E-state index is 0.0902. The van der Waals surface area contributed by atoms with Crippen molar-refractivity contribution in [2.24, 2.45) is 0 Å². The number of hydrogen-bond donors (Lipinski definition) is 1. The van der Waals surface area contributed by atoms with Gasteiger partial charge in [-0.1, -0.05) is 23.2 Å². The first-order valence-electron chi connectivity index (χ1n) is 7.55. The molecule has 1 saturated carbocycles. The molecule has 0 aromatic heterocycles. The van der Waals surface area contributed by atoms with Crippen molar-refractivity contribution in [3.63, 3.8) is 0 Å². The molecule has 9 heteroatoms. The number of hydrogen-bond acceptors (Lipinski definition) is 5. The standard InChI is InChI=1S/C16H18Cl2N2O5/c1-20(7-13(21)19-10-3-4-10)14(22)8-25-16(23)9-5-11(17)15(24-2)12(18)6-9/h5-6,10H,3-4,7-8H2,1-2H3,(H,19,21). The minimum Gasteiger partial charge on any atom is -0.494 e. The van der Waals surface area contributed by atoms with E-state index in [1.165, 1.54) is 31.2 Å². The Morgan fingerprint density at radius 1 is 1.24 bits per heavy atom. The molecule has 0 radical (unpaired) electrons. The van der Waals surface area contributed by atoms with Crippen molar-refractivity contribution >= 4 is 41.0 Å². The molecule has 0 unspecified atom stereocenters. The van der Waals surface area contributed by atoms with E-state index in [2.05, 4.69) is 5.32 Å². The van der Waals surface area contributed by atoms with Gasteiger partial charge >= 0.3 is 5.97 Å². The van der Waals surface area contributed by atoms with E-state index in [0.29, 0.717) is 0 Å². The van der Waals surface area contributed by atoms with Crippen molar-refractivity contribution in [1.82, 2.24) is 10.2 Å². The van der Waals surface area contributed by atoms with Gasteiger partial charge in [-0.05, 0) is 25.0 Å². The second-order valence-corrected chi connectivity index (χ2v) is 6.46. The molecule has 136 valence electrons. The van der Waals surface area contributed by atoms with Crippen LogP contribution in [0.5, 0.6) is 5.75 Å². The first-order valence-corrected chi connectivity index (χ1v) is 8.31. The molecule has 2 amide bonds. The van der Waals surface area contributed by atoms with E-state index in [-0.39, 0.29) is 39.9 Å². The third-order valence-electron chi connectivity index (χ3n) is 3.51. The zero-order valence-electron chi connectivity index (χ0n) is 13.8. The summed E-state index contributed by atoms with van der Waals surface area (Å²) in [5.74, 6) is -1.24. The van der Waals surface area contributed by atoms with Crippen LogP contribution < -0.4 is 10.1 Å². The zero-order chi connectivity index (χ0) is 18.6. The van der Waals surface area contributed by atoms with Crippen molar-refractivity contribution in [3.05, 3.63) is 27.7 Å². The van der Waals surface area contributed by atoms with Gasteiger partial charge in [0.1, 0.15) is 0 Å². The number of ether oxygens (including phenoxy) is 2. The third-order valence-corrected chi connectivity index (χ3v) is 4.08. The fourth-order valence-corrected chi connectivity index (χ4v) is 2.64. The summed E-state index contributed by atoms with van der Waals surface area (Å²) in [4.78, 5) is 36.8. The molecule has 1 aromatic carbocycles. The fraction of sp³-hybridized carbons (Fsp3) is 0.438. The maximum Gasteiger partial charge on any atom is 0.338 e. The maximum absolute atomic E-state index is 12.0. The molecule has 0 heterocycles. The van der Waals surface area contributed by atoms with Crippen LogP contribution in [0.1, 0.15) is 23.2 Å². The molecule has 25 heavy (non-hydrogen) atoms. The highest BCUT2D eigenvalue weighted by Gasteiger charge is 2.24. The molecule has 7 nitrogen and oxygen atoms in total. The van der Waals surface area contributed by atoms with E-state index in [1.807, 2.05) is 0 Å². The first-order chi connectivity index (χ1) is 11.8. The molecular formula is C16H18Cl2N2O5. The van der Waals surface area contributed by atoms with Gasteiger partial charge < -0.3 is 19.7 Å². The van der Waals surface area contributed by atoms with Crippen molar-refractivity contribution in [2.45, 2.75) is 18.9 Å². The summed E-state index contributed by atoms with van der Waals surface area (Å²) >= 11 is 11.9. The van der Waals surface area contributed by atoms with E-state index in [4.69, 9.17) is 32.7 Å². The zero-order valence-corrected chi connectivity index (χ0v) is 15.3. The van der Waals surface area contributed by atoms with Gasteiger partial charge in [0, 0.05) is 13.1 Å². The van der Waals surface area contributed by atoms with Crippen molar-refractivity contribution < 1.29 is 23.9 Å². The van der Waals surface area contributed by atoms with Gasteiger partial charge in [-0.15, -0.1) is 0 Å². The fourth-order valence-electron chi connectivity index (χ4n) is 2.00. The number of likely N-dealkylation sites (N-methyl/N-ethyl adjacent to an activating group) is 1. The predicted octanol–water partition coefficient (Wildman–Crippen LogP) is 1.90. The topological polar surface area (TPSA) is 84.9 Å². The van der Waals surface area contributed by atoms with E-state index in [0.717, 1.165) is 12.8 Å². The Balaban J connectivity index is 1.86. The second kappa shape index (κ2) is 8.40. The maximum atomic E-state index is 12.0. The molecule has 2 rings (SSSR count). The molecule has 0 atom stereocenters. The summed E-state index contributed by atoms with van der Waals surface area (Å²) in [6.07, 6.45) is 1.93. The number of amides is 2. The second-order valence-electron chi connectivity index (χ2n) is 5.64.